The fraction of sp³-hybridized carbons (Fsp3) is 0.214. The number of amides is 1. The molecular formula is C14H14IN3O3. The predicted molar refractivity (Wildman–Crippen MR) is 86.5 cm³/mol. The van der Waals surface area contributed by atoms with Crippen molar-refractivity contribution in [2.75, 3.05) is 5.32 Å². The van der Waals surface area contributed by atoms with Crippen LogP contribution in [-0.4, -0.2) is 23.0 Å². The molecule has 7 heteroatoms. The van der Waals surface area contributed by atoms with Crippen molar-refractivity contribution in [1.29, 1.82) is 5.26 Å². The van der Waals surface area contributed by atoms with E-state index in [1.54, 1.807) is 6.07 Å². The Morgan fingerprint density at radius 1 is 1.48 bits per heavy atom. The second kappa shape index (κ2) is 7.64. The zero-order valence-electron chi connectivity index (χ0n) is 11.5. The third kappa shape index (κ3) is 5.07. The van der Waals surface area contributed by atoms with E-state index in [1.807, 2.05) is 25.1 Å². The lowest BCUT2D eigenvalue weighted by Crippen LogP contribution is -2.39. The highest BCUT2D eigenvalue weighted by molar-refractivity contribution is 14.1. The summed E-state index contributed by atoms with van der Waals surface area (Å²) < 4.78 is 1.08. The Kier molecular flexibility index (Phi) is 6.17. The van der Waals surface area contributed by atoms with Gasteiger partial charge in [0, 0.05) is 15.5 Å². The summed E-state index contributed by atoms with van der Waals surface area (Å²) in [5.74, 6) is -1.90. The van der Waals surface area contributed by atoms with Gasteiger partial charge in [0.2, 0.25) is 0 Å². The van der Waals surface area contributed by atoms with Crippen molar-refractivity contribution in [3.05, 3.63) is 39.1 Å². The van der Waals surface area contributed by atoms with Crippen molar-refractivity contribution in [2.45, 2.75) is 19.9 Å². The average Bonchev–Trinajstić information content (AvgIpc) is 2.41. The number of aliphatic carboxylic acids is 1. The number of anilines is 1. The number of halogens is 1. The fourth-order valence-corrected chi connectivity index (χ4v) is 2.07. The van der Waals surface area contributed by atoms with Crippen LogP contribution in [0.25, 0.3) is 0 Å². The first-order chi connectivity index (χ1) is 9.85. The smallest absolute Gasteiger partial charge is 0.325 e. The van der Waals surface area contributed by atoms with Gasteiger partial charge in [0.05, 0.1) is 0 Å². The molecule has 0 aromatic heterocycles. The summed E-state index contributed by atoms with van der Waals surface area (Å²) >= 11 is 2.19. The normalized spacial score (nSPS) is 12.2. The molecule has 0 heterocycles. The minimum atomic E-state index is -1.16. The number of nitrogens with zero attached hydrogens (tertiary/aromatic N) is 1. The highest BCUT2D eigenvalue weighted by atomic mass is 127. The molecule has 6 nitrogen and oxygen atoms in total. The zero-order chi connectivity index (χ0) is 16.0. The number of hydrogen-bond donors (Lipinski definition) is 3. The van der Waals surface area contributed by atoms with Gasteiger partial charge in [-0.2, -0.15) is 5.26 Å². The summed E-state index contributed by atoms with van der Waals surface area (Å²) in [5.41, 5.74) is 1.54. The molecule has 1 atom stereocenters. The quantitative estimate of drug-likeness (QED) is 0.400. The Balaban J connectivity index is 2.83. The maximum absolute atomic E-state index is 11.7. The van der Waals surface area contributed by atoms with Crippen molar-refractivity contribution in [2.24, 2.45) is 0 Å². The lowest BCUT2D eigenvalue weighted by molar-refractivity contribution is -0.140. The molecule has 21 heavy (non-hydrogen) atoms. The molecular weight excluding hydrogens is 385 g/mol. The SMILES string of the molecule is Cc1cc(I)ccc1N/C=C(/C#N)C(=O)NC(C)C(=O)O. The summed E-state index contributed by atoms with van der Waals surface area (Å²) in [6.45, 7) is 3.23. The molecule has 3 N–H and O–H groups in total. The first-order valence-corrected chi connectivity index (χ1v) is 7.09. The topological polar surface area (TPSA) is 102 Å². The van der Waals surface area contributed by atoms with E-state index >= 15 is 0 Å². The molecule has 0 aliphatic rings. The molecule has 1 rings (SSSR count). The molecule has 0 bridgehead atoms. The van der Waals surface area contributed by atoms with Crippen molar-refractivity contribution in [3.63, 3.8) is 0 Å². The van der Waals surface area contributed by atoms with E-state index in [1.165, 1.54) is 13.1 Å². The molecule has 1 unspecified atom stereocenters. The number of nitriles is 1. The van der Waals surface area contributed by atoms with Gasteiger partial charge in [-0.05, 0) is 60.2 Å². The van der Waals surface area contributed by atoms with Crippen LogP contribution >= 0.6 is 22.6 Å². The van der Waals surface area contributed by atoms with E-state index in [0.717, 1.165) is 14.8 Å². The van der Waals surface area contributed by atoms with E-state index < -0.39 is 17.9 Å². The maximum Gasteiger partial charge on any atom is 0.325 e. The largest absolute Gasteiger partial charge is 0.480 e. The Morgan fingerprint density at radius 3 is 2.67 bits per heavy atom. The third-order valence-corrected chi connectivity index (χ3v) is 3.31. The van der Waals surface area contributed by atoms with Crippen LogP contribution in [0.3, 0.4) is 0 Å². The Labute approximate surface area is 136 Å². The zero-order valence-corrected chi connectivity index (χ0v) is 13.6. The first-order valence-electron chi connectivity index (χ1n) is 6.01. The second-order valence-electron chi connectivity index (χ2n) is 4.31. The molecule has 1 aromatic rings. The van der Waals surface area contributed by atoms with Crippen molar-refractivity contribution >= 4 is 40.2 Å². The molecule has 0 radical (unpaired) electrons. The van der Waals surface area contributed by atoms with Gasteiger partial charge in [0.1, 0.15) is 17.7 Å². The molecule has 0 fully saturated rings. The van der Waals surface area contributed by atoms with E-state index in [9.17, 15) is 9.59 Å². The fourth-order valence-electron chi connectivity index (χ4n) is 1.42. The second-order valence-corrected chi connectivity index (χ2v) is 5.55. The van der Waals surface area contributed by atoms with Crippen LogP contribution in [0.15, 0.2) is 30.0 Å². The van der Waals surface area contributed by atoms with E-state index in [0.29, 0.717) is 0 Å². The molecule has 0 spiro atoms. The summed E-state index contributed by atoms with van der Waals surface area (Å²) in [6, 6.07) is 6.36. The van der Waals surface area contributed by atoms with Crippen LogP contribution in [0.4, 0.5) is 5.69 Å². The lowest BCUT2D eigenvalue weighted by Gasteiger charge is -2.09. The number of carbonyl (C=O) groups is 2. The summed E-state index contributed by atoms with van der Waals surface area (Å²) in [6.07, 6.45) is 1.26. The molecule has 0 aliphatic carbocycles. The van der Waals surface area contributed by atoms with Crippen LogP contribution < -0.4 is 10.6 Å². The van der Waals surface area contributed by atoms with Gasteiger partial charge < -0.3 is 15.7 Å². The monoisotopic (exact) mass is 399 g/mol. The summed E-state index contributed by atoms with van der Waals surface area (Å²) in [5, 5.41) is 22.8. The number of aryl methyl sites for hydroxylation is 1. The lowest BCUT2D eigenvalue weighted by atomic mass is 10.2. The van der Waals surface area contributed by atoms with Gasteiger partial charge in [0.25, 0.3) is 5.91 Å². The Hall–Kier alpha value is -2.08. The molecule has 0 saturated carbocycles. The third-order valence-electron chi connectivity index (χ3n) is 2.64. The van der Waals surface area contributed by atoms with Crippen LogP contribution in [0.5, 0.6) is 0 Å². The van der Waals surface area contributed by atoms with Crippen molar-refractivity contribution in [3.8, 4) is 6.07 Å². The van der Waals surface area contributed by atoms with Crippen molar-refractivity contribution in [1.82, 2.24) is 5.32 Å². The molecule has 1 amide bonds. The minimum absolute atomic E-state index is 0.193. The summed E-state index contributed by atoms with van der Waals surface area (Å²) in [4.78, 5) is 22.4. The van der Waals surface area contributed by atoms with E-state index in [-0.39, 0.29) is 5.57 Å². The molecule has 110 valence electrons. The van der Waals surface area contributed by atoms with Gasteiger partial charge in [-0.1, -0.05) is 0 Å². The average molecular weight is 399 g/mol. The molecule has 0 aliphatic heterocycles. The van der Waals surface area contributed by atoms with Crippen LogP contribution in [0, 0.1) is 21.8 Å². The van der Waals surface area contributed by atoms with Crippen LogP contribution in [0.1, 0.15) is 12.5 Å². The number of hydrogen-bond acceptors (Lipinski definition) is 4. The van der Waals surface area contributed by atoms with E-state index in [2.05, 4.69) is 33.2 Å². The number of nitrogens with one attached hydrogen (secondary N) is 2. The number of rotatable bonds is 5. The van der Waals surface area contributed by atoms with Crippen LogP contribution in [-0.2, 0) is 9.59 Å². The van der Waals surface area contributed by atoms with Gasteiger partial charge in [-0.25, -0.2) is 0 Å². The number of carboxylic acids is 1. The van der Waals surface area contributed by atoms with Gasteiger partial charge in [-0.3, -0.25) is 9.59 Å². The van der Waals surface area contributed by atoms with Gasteiger partial charge >= 0.3 is 5.97 Å². The van der Waals surface area contributed by atoms with Gasteiger partial charge in [0.15, 0.2) is 0 Å². The predicted octanol–water partition coefficient (Wildman–Crippen LogP) is 2.01. The number of carboxylic acid groups (broad SMARTS) is 1. The standard InChI is InChI=1S/C14H14IN3O3/c1-8-5-11(15)3-4-12(8)17-7-10(6-16)13(19)18-9(2)14(20)21/h3-5,7,9,17H,1-2H3,(H,18,19)(H,20,21)/b10-7-. The highest BCUT2D eigenvalue weighted by Crippen LogP contribution is 2.17. The number of benzene rings is 1. The molecule has 0 saturated heterocycles. The maximum atomic E-state index is 11.7. The van der Waals surface area contributed by atoms with Crippen LogP contribution in [0.2, 0.25) is 0 Å². The van der Waals surface area contributed by atoms with E-state index in [4.69, 9.17) is 10.4 Å². The Morgan fingerprint density at radius 2 is 2.14 bits per heavy atom. The van der Waals surface area contributed by atoms with Crippen molar-refractivity contribution < 1.29 is 14.7 Å². The van der Waals surface area contributed by atoms with Gasteiger partial charge in [-0.15, -0.1) is 0 Å². The minimum Gasteiger partial charge on any atom is -0.480 e. The highest BCUT2D eigenvalue weighted by Gasteiger charge is 2.16. The molecule has 1 aromatic carbocycles. The Bertz CT molecular complexity index is 635. The number of carbonyl (C=O) groups excluding carboxylic acids is 1. The first kappa shape index (κ1) is 17.0. The summed E-state index contributed by atoms with van der Waals surface area (Å²) in [7, 11) is 0.